The van der Waals surface area contributed by atoms with Gasteiger partial charge in [-0.1, -0.05) is 32.6 Å². The summed E-state index contributed by atoms with van der Waals surface area (Å²) in [7, 11) is 0. The summed E-state index contributed by atoms with van der Waals surface area (Å²) in [5.74, 6) is 0.0923. The number of carbonyl (C=O) groups excluding carboxylic acids is 1. The molecule has 4 heteroatoms. The summed E-state index contributed by atoms with van der Waals surface area (Å²) in [4.78, 5) is 12.1. The molecule has 2 saturated carbocycles. The molecule has 2 fully saturated rings. The number of halogens is 1. The van der Waals surface area contributed by atoms with Crippen LogP contribution in [0.2, 0.25) is 0 Å². The fourth-order valence-electron chi connectivity index (χ4n) is 3.46. The second kappa shape index (κ2) is 6.25. The Bertz CT molecular complexity index is 282. The molecule has 18 heavy (non-hydrogen) atoms. The lowest BCUT2D eigenvalue weighted by atomic mass is 9.83. The molecule has 0 aromatic rings. The van der Waals surface area contributed by atoms with Gasteiger partial charge in [0.1, 0.15) is 0 Å². The van der Waals surface area contributed by atoms with Crippen LogP contribution in [-0.4, -0.2) is 18.0 Å². The molecule has 0 unspecified atom stereocenters. The quantitative estimate of drug-likeness (QED) is 0.828. The van der Waals surface area contributed by atoms with Crippen molar-refractivity contribution in [3.05, 3.63) is 0 Å². The first-order chi connectivity index (χ1) is 8.10. The first kappa shape index (κ1) is 15.8. The predicted octanol–water partition coefficient (Wildman–Crippen LogP) is 2.77. The third kappa shape index (κ3) is 3.18. The summed E-state index contributed by atoms with van der Waals surface area (Å²) in [6.07, 6.45) is 10.3. The lowest BCUT2D eigenvalue weighted by molar-refractivity contribution is -0.126. The van der Waals surface area contributed by atoms with Gasteiger partial charge in [-0.15, -0.1) is 12.4 Å². The Balaban J connectivity index is 0.00000162. The zero-order chi connectivity index (χ0) is 12.4. The Kier molecular flexibility index (Phi) is 5.47. The highest BCUT2D eigenvalue weighted by molar-refractivity contribution is 5.86. The highest BCUT2D eigenvalue weighted by Crippen LogP contribution is 2.40. The Morgan fingerprint density at radius 3 is 2.11 bits per heavy atom. The molecule has 2 aliphatic carbocycles. The SMILES string of the molecule is CCC1(CNC(=O)C2(N)CCCC2)CCCC1.Cl. The molecule has 106 valence electrons. The van der Waals surface area contributed by atoms with Gasteiger partial charge >= 0.3 is 0 Å². The largest absolute Gasteiger partial charge is 0.354 e. The van der Waals surface area contributed by atoms with Crippen LogP contribution in [0.15, 0.2) is 0 Å². The van der Waals surface area contributed by atoms with E-state index in [1.54, 1.807) is 0 Å². The van der Waals surface area contributed by atoms with Crippen molar-refractivity contribution in [2.45, 2.75) is 70.3 Å². The number of hydrogen-bond acceptors (Lipinski definition) is 2. The summed E-state index contributed by atoms with van der Waals surface area (Å²) >= 11 is 0. The van der Waals surface area contributed by atoms with Crippen LogP contribution < -0.4 is 11.1 Å². The number of nitrogens with one attached hydrogen (secondary N) is 1. The Labute approximate surface area is 117 Å². The second-order valence-corrected chi connectivity index (χ2v) is 6.11. The van der Waals surface area contributed by atoms with Gasteiger partial charge in [0.15, 0.2) is 0 Å². The third-order valence-electron chi connectivity index (χ3n) is 4.99. The molecule has 0 radical (unpaired) electrons. The van der Waals surface area contributed by atoms with Gasteiger partial charge in [0.05, 0.1) is 5.54 Å². The van der Waals surface area contributed by atoms with Crippen LogP contribution in [0, 0.1) is 5.41 Å². The van der Waals surface area contributed by atoms with Crippen molar-refractivity contribution in [2.75, 3.05) is 6.54 Å². The molecule has 0 spiro atoms. The van der Waals surface area contributed by atoms with E-state index in [-0.39, 0.29) is 18.3 Å². The molecule has 0 saturated heterocycles. The van der Waals surface area contributed by atoms with Gasteiger partial charge in [-0.3, -0.25) is 4.79 Å². The zero-order valence-corrected chi connectivity index (χ0v) is 12.3. The highest BCUT2D eigenvalue weighted by atomic mass is 35.5. The molecular weight excluding hydrogens is 248 g/mol. The predicted molar refractivity (Wildman–Crippen MR) is 76.8 cm³/mol. The normalized spacial score (nSPS) is 24.6. The van der Waals surface area contributed by atoms with Crippen molar-refractivity contribution in [1.29, 1.82) is 0 Å². The van der Waals surface area contributed by atoms with Crippen LogP contribution in [-0.2, 0) is 4.79 Å². The van der Waals surface area contributed by atoms with Gasteiger partial charge in [-0.05, 0) is 37.5 Å². The van der Waals surface area contributed by atoms with E-state index in [1.165, 1.54) is 32.1 Å². The maximum Gasteiger partial charge on any atom is 0.240 e. The summed E-state index contributed by atoms with van der Waals surface area (Å²) < 4.78 is 0. The maximum absolute atomic E-state index is 12.1. The molecule has 1 amide bonds. The van der Waals surface area contributed by atoms with E-state index in [2.05, 4.69) is 12.2 Å². The smallest absolute Gasteiger partial charge is 0.240 e. The van der Waals surface area contributed by atoms with Crippen molar-refractivity contribution >= 4 is 18.3 Å². The molecule has 0 atom stereocenters. The second-order valence-electron chi connectivity index (χ2n) is 6.11. The van der Waals surface area contributed by atoms with Crippen molar-refractivity contribution in [3.63, 3.8) is 0 Å². The molecular formula is C14H27ClN2O. The van der Waals surface area contributed by atoms with Gasteiger partial charge < -0.3 is 11.1 Å². The number of rotatable bonds is 4. The Hall–Kier alpha value is -0.280. The van der Waals surface area contributed by atoms with Crippen LogP contribution in [0.5, 0.6) is 0 Å². The Morgan fingerprint density at radius 2 is 1.61 bits per heavy atom. The van der Waals surface area contributed by atoms with Gasteiger partial charge in [-0.25, -0.2) is 0 Å². The van der Waals surface area contributed by atoms with Gasteiger partial charge in [0, 0.05) is 6.54 Å². The van der Waals surface area contributed by atoms with E-state index < -0.39 is 5.54 Å². The topological polar surface area (TPSA) is 55.1 Å². The average Bonchev–Trinajstić information content (AvgIpc) is 2.96. The molecule has 0 aliphatic heterocycles. The van der Waals surface area contributed by atoms with Crippen molar-refractivity contribution in [3.8, 4) is 0 Å². The van der Waals surface area contributed by atoms with Gasteiger partial charge in [-0.2, -0.15) is 0 Å². The van der Waals surface area contributed by atoms with Crippen LogP contribution in [0.4, 0.5) is 0 Å². The summed E-state index contributed by atoms with van der Waals surface area (Å²) in [5, 5.41) is 3.13. The maximum atomic E-state index is 12.1. The third-order valence-corrected chi connectivity index (χ3v) is 4.99. The molecule has 0 aromatic heterocycles. The zero-order valence-electron chi connectivity index (χ0n) is 11.5. The molecule has 2 aliphatic rings. The van der Waals surface area contributed by atoms with Crippen molar-refractivity contribution < 1.29 is 4.79 Å². The van der Waals surface area contributed by atoms with Crippen molar-refractivity contribution in [1.82, 2.24) is 5.32 Å². The molecule has 0 aromatic carbocycles. The Morgan fingerprint density at radius 1 is 1.11 bits per heavy atom. The number of nitrogens with two attached hydrogens (primary N) is 1. The minimum absolute atomic E-state index is 0. The minimum atomic E-state index is -0.562. The number of hydrogen-bond donors (Lipinski definition) is 2. The van der Waals surface area contributed by atoms with E-state index in [0.29, 0.717) is 5.41 Å². The summed E-state index contributed by atoms with van der Waals surface area (Å²) in [6.45, 7) is 3.08. The molecule has 2 rings (SSSR count). The van der Waals surface area contributed by atoms with Crippen LogP contribution in [0.1, 0.15) is 64.7 Å². The van der Waals surface area contributed by atoms with Gasteiger partial charge in [0.2, 0.25) is 5.91 Å². The molecule has 0 heterocycles. The average molecular weight is 275 g/mol. The highest BCUT2D eigenvalue weighted by Gasteiger charge is 2.39. The summed E-state index contributed by atoms with van der Waals surface area (Å²) in [6, 6.07) is 0. The fourth-order valence-corrected chi connectivity index (χ4v) is 3.46. The van der Waals surface area contributed by atoms with E-state index >= 15 is 0 Å². The standard InChI is InChI=1S/C14H26N2O.ClH/c1-2-13(7-3-4-8-13)11-16-12(17)14(15)9-5-6-10-14;/h2-11,15H2,1H3,(H,16,17);1H. The van der Waals surface area contributed by atoms with E-state index in [4.69, 9.17) is 5.73 Å². The number of amides is 1. The lowest BCUT2D eigenvalue weighted by Gasteiger charge is -2.30. The van der Waals surface area contributed by atoms with Gasteiger partial charge in [0.25, 0.3) is 0 Å². The van der Waals surface area contributed by atoms with E-state index in [1.807, 2.05) is 0 Å². The molecule has 3 nitrogen and oxygen atoms in total. The van der Waals surface area contributed by atoms with Crippen molar-refractivity contribution in [2.24, 2.45) is 11.1 Å². The summed E-state index contributed by atoms with van der Waals surface area (Å²) in [5.41, 5.74) is 5.96. The molecule has 3 N–H and O–H groups in total. The number of carbonyl (C=O) groups is 1. The van der Waals surface area contributed by atoms with Crippen LogP contribution in [0.3, 0.4) is 0 Å². The minimum Gasteiger partial charge on any atom is -0.354 e. The fraction of sp³-hybridized carbons (Fsp3) is 0.929. The first-order valence-corrected chi connectivity index (χ1v) is 7.17. The van der Waals surface area contributed by atoms with Crippen LogP contribution in [0.25, 0.3) is 0 Å². The van der Waals surface area contributed by atoms with E-state index in [0.717, 1.165) is 32.2 Å². The lowest BCUT2D eigenvalue weighted by Crippen LogP contribution is -2.53. The first-order valence-electron chi connectivity index (χ1n) is 7.17. The molecule has 0 bridgehead atoms. The monoisotopic (exact) mass is 274 g/mol. The van der Waals surface area contributed by atoms with E-state index in [9.17, 15) is 4.79 Å². The van der Waals surface area contributed by atoms with Crippen LogP contribution >= 0.6 is 12.4 Å².